The number of ether oxygens (including phenoxy) is 1. The molecule has 0 N–H and O–H groups in total. The van der Waals surface area contributed by atoms with Gasteiger partial charge in [-0.05, 0) is 35.9 Å². The molecule has 0 amide bonds. The normalized spacial score (nSPS) is 9.46. The number of methoxy groups -OCH3 is 1. The van der Waals surface area contributed by atoms with Crippen molar-refractivity contribution in [3.05, 3.63) is 30.1 Å². The molecule has 0 atom stereocenters. The Bertz CT molecular complexity index is 346. The van der Waals surface area contributed by atoms with Crippen LogP contribution in [0, 0.1) is 5.82 Å². The Morgan fingerprint density at radius 3 is 2.62 bits per heavy atom. The first kappa shape index (κ1) is 10.4. The van der Waals surface area contributed by atoms with E-state index in [9.17, 15) is 4.39 Å². The smallest absolute Gasteiger partial charge is 0.216 e. The highest BCUT2D eigenvalue weighted by molar-refractivity contribution is 7.71. The average Bonchev–Trinajstić information content (AvgIpc) is 2.16. The van der Waals surface area contributed by atoms with Gasteiger partial charge in [-0.25, -0.2) is 4.39 Å². The van der Waals surface area contributed by atoms with Crippen LogP contribution in [-0.2, 0) is 15.9 Å². The Hall–Kier alpha value is -0.710. The Morgan fingerprint density at radius 1 is 1.46 bits per heavy atom. The van der Waals surface area contributed by atoms with Gasteiger partial charge in [0.05, 0.1) is 5.69 Å². The summed E-state index contributed by atoms with van der Waals surface area (Å²) < 4.78 is 21.3. The van der Waals surface area contributed by atoms with Gasteiger partial charge in [0.2, 0.25) is 4.51 Å². The lowest BCUT2D eigenvalue weighted by atomic mass is 10.3. The largest absolute Gasteiger partial charge is 0.329 e. The van der Waals surface area contributed by atoms with Crippen molar-refractivity contribution in [2.75, 3.05) is 7.11 Å². The van der Waals surface area contributed by atoms with Gasteiger partial charge in [-0.15, -0.1) is 0 Å². The molecule has 1 rings (SSSR count). The molecular weight excluding hydrogens is 213 g/mol. The number of hydrogen-bond donors (Lipinski definition) is 0. The van der Waals surface area contributed by atoms with Crippen molar-refractivity contribution >= 4 is 32.9 Å². The fourth-order valence-corrected chi connectivity index (χ4v) is 1.10. The first-order valence-corrected chi connectivity index (χ1v) is 4.57. The second-order valence-electron chi connectivity index (χ2n) is 2.10. The standard InChI is InChI=1S/C8H7ClFNOS/c1-12-8(9)13-11-7-4-2-6(10)3-5-7/h2-5H,1H3. The van der Waals surface area contributed by atoms with Crippen LogP contribution >= 0.6 is 11.6 Å². The van der Waals surface area contributed by atoms with Gasteiger partial charge in [0.15, 0.2) is 0 Å². The van der Waals surface area contributed by atoms with Crippen molar-refractivity contribution < 1.29 is 9.13 Å². The zero-order valence-corrected chi connectivity index (χ0v) is 8.40. The van der Waals surface area contributed by atoms with E-state index in [0.717, 1.165) is 11.1 Å². The first-order valence-electron chi connectivity index (χ1n) is 3.42. The van der Waals surface area contributed by atoms with E-state index in [2.05, 4.69) is 9.10 Å². The van der Waals surface area contributed by atoms with E-state index < -0.39 is 0 Å². The van der Waals surface area contributed by atoms with Gasteiger partial charge in [-0.3, -0.25) is 0 Å². The van der Waals surface area contributed by atoms with Gasteiger partial charge < -0.3 is 4.74 Å². The van der Waals surface area contributed by atoms with Crippen molar-refractivity contribution in [1.82, 2.24) is 0 Å². The molecule has 1 aromatic rings. The molecule has 70 valence electrons. The van der Waals surface area contributed by atoms with Crippen LogP contribution in [-0.4, -0.2) is 11.6 Å². The van der Waals surface area contributed by atoms with E-state index in [4.69, 9.17) is 11.6 Å². The third-order valence-corrected chi connectivity index (χ3v) is 2.18. The zero-order chi connectivity index (χ0) is 9.68. The summed E-state index contributed by atoms with van der Waals surface area (Å²) in [5.41, 5.74) is 0.640. The van der Waals surface area contributed by atoms with Crippen LogP contribution in [0.3, 0.4) is 0 Å². The average molecular weight is 220 g/mol. The van der Waals surface area contributed by atoms with Crippen LogP contribution < -0.4 is 0 Å². The minimum absolute atomic E-state index is 0.226. The molecular formula is C8H7ClFNOS. The number of rotatable bonds is 1. The fraction of sp³-hybridized carbons (Fsp3) is 0.125. The van der Waals surface area contributed by atoms with Crippen LogP contribution in [0.5, 0.6) is 0 Å². The lowest BCUT2D eigenvalue weighted by Crippen LogP contribution is -1.86. The molecule has 0 heterocycles. The maximum atomic E-state index is 12.4. The fourth-order valence-electron chi connectivity index (χ4n) is 0.628. The summed E-state index contributed by atoms with van der Waals surface area (Å²) >= 11 is 6.53. The Balaban J connectivity index is 2.86. The molecule has 5 heteroatoms. The molecule has 0 fully saturated rings. The third kappa shape index (κ3) is 3.67. The number of hydrogen-bond acceptors (Lipinski definition) is 2. The van der Waals surface area contributed by atoms with Crippen molar-refractivity contribution in [2.45, 2.75) is 0 Å². The predicted molar refractivity (Wildman–Crippen MR) is 53.7 cm³/mol. The summed E-state index contributed by atoms with van der Waals surface area (Å²) in [6, 6.07) is 5.78. The minimum atomic E-state index is -0.286. The van der Waals surface area contributed by atoms with Gasteiger partial charge in [0.25, 0.3) is 0 Å². The van der Waals surface area contributed by atoms with Gasteiger partial charge in [0, 0.05) is 18.3 Å². The molecule has 0 aromatic heterocycles. The lowest BCUT2D eigenvalue weighted by molar-refractivity contribution is 0.424. The topological polar surface area (TPSA) is 21.6 Å². The van der Waals surface area contributed by atoms with Crippen LogP contribution in [0.2, 0.25) is 0 Å². The second kappa shape index (κ2) is 5.11. The molecule has 2 nitrogen and oxygen atoms in total. The van der Waals surface area contributed by atoms with Crippen LogP contribution in [0.25, 0.3) is 0 Å². The summed E-state index contributed by atoms with van der Waals surface area (Å²) in [6.45, 7) is 0. The SMILES string of the molecule is COC(Cl)=S=Nc1ccc(F)cc1. The monoisotopic (exact) mass is 219 g/mol. The first-order chi connectivity index (χ1) is 6.22. The summed E-state index contributed by atoms with van der Waals surface area (Å²) in [7, 11) is 1.45. The van der Waals surface area contributed by atoms with E-state index in [0.29, 0.717) is 5.69 Å². The molecule has 0 spiro atoms. The van der Waals surface area contributed by atoms with Gasteiger partial charge in [0.1, 0.15) is 5.82 Å². The number of benzene rings is 1. The van der Waals surface area contributed by atoms with Crippen molar-refractivity contribution in [3.63, 3.8) is 0 Å². The molecule has 0 aliphatic rings. The highest BCUT2D eigenvalue weighted by atomic mass is 35.5. The van der Waals surface area contributed by atoms with E-state index in [1.807, 2.05) is 0 Å². The molecule has 0 unspecified atom stereocenters. The van der Waals surface area contributed by atoms with E-state index in [1.165, 1.54) is 19.2 Å². The van der Waals surface area contributed by atoms with E-state index in [1.54, 1.807) is 12.1 Å². The van der Waals surface area contributed by atoms with Crippen molar-refractivity contribution in [3.8, 4) is 0 Å². The number of halogens is 2. The quantitative estimate of drug-likeness (QED) is 0.526. The minimum Gasteiger partial charge on any atom is -0.329 e. The summed E-state index contributed by atoms with van der Waals surface area (Å²) in [5.74, 6) is -0.286. The van der Waals surface area contributed by atoms with Crippen LogP contribution in [0.15, 0.2) is 28.6 Å². The van der Waals surface area contributed by atoms with E-state index >= 15 is 0 Å². The predicted octanol–water partition coefficient (Wildman–Crippen LogP) is 2.70. The van der Waals surface area contributed by atoms with E-state index in [-0.39, 0.29) is 10.3 Å². The maximum Gasteiger partial charge on any atom is 0.216 e. The van der Waals surface area contributed by atoms with Gasteiger partial charge in [-0.2, -0.15) is 4.36 Å². The summed E-state index contributed by atoms with van der Waals surface area (Å²) in [6.07, 6.45) is 0. The molecule has 0 saturated heterocycles. The van der Waals surface area contributed by atoms with Crippen LogP contribution in [0.1, 0.15) is 0 Å². The molecule has 0 aliphatic carbocycles. The molecule has 0 saturated carbocycles. The molecule has 0 bridgehead atoms. The molecule has 0 aliphatic heterocycles. The molecule has 1 aromatic carbocycles. The highest BCUT2D eigenvalue weighted by Gasteiger charge is 1.89. The summed E-state index contributed by atoms with van der Waals surface area (Å²) in [5, 5.41) is 0. The second-order valence-corrected chi connectivity index (χ2v) is 3.40. The maximum absolute atomic E-state index is 12.4. The molecule has 0 radical (unpaired) electrons. The highest BCUT2D eigenvalue weighted by Crippen LogP contribution is 2.11. The van der Waals surface area contributed by atoms with Crippen molar-refractivity contribution in [1.29, 1.82) is 0 Å². The Morgan fingerprint density at radius 2 is 2.08 bits per heavy atom. The Kier molecular flexibility index (Phi) is 4.08. The van der Waals surface area contributed by atoms with Crippen LogP contribution in [0.4, 0.5) is 10.1 Å². The van der Waals surface area contributed by atoms with Gasteiger partial charge >= 0.3 is 0 Å². The van der Waals surface area contributed by atoms with Gasteiger partial charge in [-0.1, -0.05) is 0 Å². The third-order valence-electron chi connectivity index (χ3n) is 1.21. The molecule has 13 heavy (non-hydrogen) atoms. The number of nitrogens with zero attached hydrogens (tertiary/aromatic N) is 1. The van der Waals surface area contributed by atoms with Crippen molar-refractivity contribution in [2.24, 2.45) is 4.36 Å². The zero-order valence-electron chi connectivity index (χ0n) is 6.83. The lowest BCUT2D eigenvalue weighted by Gasteiger charge is -1.89. The summed E-state index contributed by atoms with van der Waals surface area (Å²) in [4.78, 5) is 0. The Labute approximate surface area is 84.0 Å².